The molecule has 3 N–H and O–H groups in total. The average molecular weight is 406 g/mol. The molecule has 0 aliphatic carbocycles. The lowest BCUT2D eigenvalue weighted by Gasteiger charge is -2.37. The van der Waals surface area contributed by atoms with Gasteiger partial charge in [-0.15, -0.1) is 0 Å². The number of rotatable bonds is 8. The molecule has 8 nitrogen and oxygen atoms in total. The Bertz CT molecular complexity index is 712. The van der Waals surface area contributed by atoms with E-state index >= 15 is 0 Å². The molecule has 0 bridgehead atoms. The van der Waals surface area contributed by atoms with Crippen LogP contribution in [0.15, 0.2) is 23.2 Å². The van der Waals surface area contributed by atoms with Crippen molar-refractivity contribution in [2.45, 2.75) is 27.3 Å². The molecule has 1 aliphatic rings. The van der Waals surface area contributed by atoms with Crippen LogP contribution in [-0.4, -0.2) is 75.2 Å². The van der Waals surface area contributed by atoms with Crippen molar-refractivity contribution in [3.63, 3.8) is 0 Å². The third kappa shape index (κ3) is 6.25. The molecule has 162 valence electrons. The topological polar surface area (TPSA) is 92.4 Å². The first-order valence-electron chi connectivity index (χ1n) is 10.1. The highest BCUT2D eigenvalue weighted by Crippen LogP contribution is 2.25. The lowest BCUT2D eigenvalue weighted by molar-refractivity contribution is -0.125. The fraction of sp³-hybridized carbons (Fsp3) is 0.619. The van der Waals surface area contributed by atoms with Crippen molar-refractivity contribution in [2.75, 3.05) is 53.5 Å². The zero-order valence-electron chi connectivity index (χ0n) is 18.3. The van der Waals surface area contributed by atoms with Gasteiger partial charge in [0.2, 0.25) is 5.91 Å². The molecule has 1 amide bonds. The zero-order valence-corrected chi connectivity index (χ0v) is 18.3. The summed E-state index contributed by atoms with van der Waals surface area (Å²) in [6.45, 7) is 11.2. The first-order chi connectivity index (χ1) is 13.8. The third-order valence-corrected chi connectivity index (χ3v) is 5.18. The summed E-state index contributed by atoms with van der Waals surface area (Å²) in [7, 11) is 3.36. The van der Waals surface area contributed by atoms with E-state index in [-0.39, 0.29) is 5.91 Å². The van der Waals surface area contributed by atoms with Crippen molar-refractivity contribution in [3.05, 3.63) is 23.8 Å². The Morgan fingerprint density at radius 2 is 1.90 bits per heavy atom. The summed E-state index contributed by atoms with van der Waals surface area (Å²) in [5, 5.41) is 3.33. The maximum absolute atomic E-state index is 11.6. The van der Waals surface area contributed by atoms with Gasteiger partial charge in [-0.2, -0.15) is 0 Å². The SMILES string of the molecule is CCNC(=NCC(C)(C)C(N)=O)N1CCN(Cc2cc(OC)ccc2OC)CC1. The Kier molecular flexibility index (Phi) is 8.13. The van der Waals surface area contributed by atoms with E-state index in [0.29, 0.717) is 6.54 Å². The molecule has 2 rings (SSSR count). The number of primary amides is 1. The van der Waals surface area contributed by atoms with Gasteiger partial charge in [-0.1, -0.05) is 0 Å². The van der Waals surface area contributed by atoms with E-state index in [2.05, 4.69) is 20.1 Å². The van der Waals surface area contributed by atoms with Gasteiger partial charge >= 0.3 is 0 Å². The van der Waals surface area contributed by atoms with Crippen molar-refractivity contribution in [2.24, 2.45) is 16.1 Å². The average Bonchev–Trinajstić information content (AvgIpc) is 2.71. The minimum absolute atomic E-state index is 0.339. The van der Waals surface area contributed by atoms with Crippen LogP contribution in [0.3, 0.4) is 0 Å². The highest BCUT2D eigenvalue weighted by molar-refractivity contribution is 5.82. The highest BCUT2D eigenvalue weighted by Gasteiger charge is 2.26. The van der Waals surface area contributed by atoms with Gasteiger partial charge in [0, 0.05) is 44.8 Å². The Morgan fingerprint density at radius 1 is 1.21 bits per heavy atom. The normalized spacial score (nSPS) is 15.9. The molecule has 1 aliphatic heterocycles. The Hall–Kier alpha value is -2.48. The number of piperazine rings is 1. The number of methoxy groups -OCH3 is 2. The second-order valence-corrected chi connectivity index (χ2v) is 7.86. The van der Waals surface area contributed by atoms with E-state index in [1.165, 1.54) is 0 Å². The lowest BCUT2D eigenvalue weighted by Crippen LogP contribution is -2.52. The highest BCUT2D eigenvalue weighted by atomic mass is 16.5. The first kappa shape index (κ1) is 22.8. The lowest BCUT2D eigenvalue weighted by atomic mass is 9.93. The second kappa shape index (κ2) is 10.3. The number of guanidine groups is 1. The third-order valence-electron chi connectivity index (χ3n) is 5.18. The Balaban J connectivity index is 2.00. The van der Waals surface area contributed by atoms with E-state index < -0.39 is 5.41 Å². The molecule has 0 unspecified atom stereocenters. The molecular formula is C21H35N5O3. The van der Waals surface area contributed by atoms with Gasteiger partial charge in [0.15, 0.2) is 5.96 Å². The molecule has 1 fully saturated rings. The largest absolute Gasteiger partial charge is 0.497 e. The fourth-order valence-corrected chi connectivity index (χ4v) is 3.14. The molecule has 0 spiro atoms. The molecule has 1 heterocycles. The van der Waals surface area contributed by atoms with Crippen molar-refractivity contribution in [1.29, 1.82) is 0 Å². The standard InChI is InChI=1S/C21H35N5O3/c1-6-23-20(24-15-21(2,3)19(22)27)26-11-9-25(10-12-26)14-16-13-17(28-4)7-8-18(16)29-5/h7-8,13H,6,9-12,14-15H2,1-5H3,(H2,22,27)(H,23,24). The maximum atomic E-state index is 11.6. The van der Waals surface area contributed by atoms with Crippen molar-refractivity contribution >= 4 is 11.9 Å². The van der Waals surface area contributed by atoms with E-state index in [1.807, 2.05) is 39.0 Å². The van der Waals surface area contributed by atoms with Gasteiger partial charge < -0.3 is 25.4 Å². The quantitative estimate of drug-likeness (QED) is 0.500. The first-order valence-corrected chi connectivity index (χ1v) is 10.1. The molecule has 1 aromatic rings. The fourth-order valence-electron chi connectivity index (χ4n) is 3.14. The smallest absolute Gasteiger partial charge is 0.224 e. The number of amides is 1. The van der Waals surface area contributed by atoms with Gasteiger partial charge in [0.1, 0.15) is 11.5 Å². The van der Waals surface area contributed by atoms with Gasteiger partial charge in [-0.05, 0) is 39.0 Å². The summed E-state index contributed by atoms with van der Waals surface area (Å²) in [5.74, 6) is 2.20. The van der Waals surface area contributed by atoms with E-state index in [9.17, 15) is 4.79 Å². The number of nitrogens with zero attached hydrogens (tertiary/aromatic N) is 3. The summed E-state index contributed by atoms with van der Waals surface area (Å²) < 4.78 is 10.9. The minimum Gasteiger partial charge on any atom is -0.497 e. The second-order valence-electron chi connectivity index (χ2n) is 7.86. The van der Waals surface area contributed by atoms with E-state index in [1.54, 1.807) is 14.2 Å². The molecule has 29 heavy (non-hydrogen) atoms. The van der Waals surface area contributed by atoms with Crippen LogP contribution in [0.5, 0.6) is 11.5 Å². The molecule has 0 radical (unpaired) electrons. The van der Waals surface area contributed by atoms with Gasteiger partial charge in [-0.3, -0.25) is 14.7 Å². The van der Waals surface area contributed by atoms with Gasteiger partial charge in [0.25, 0.3) is 0 Å². The summed E-state index contributed by atoms with van der Waals surface area (Å²) in [5.41, 5.74) is 5.93. The number of hydrogen-bond donors (Lipinski definition) is 2. The van der Waals surface area contributed by atoms with Crippen LogP contribution in [0.1, 0.15) is 26.3 Å². The zero-order chi connectivity index (χ0) is 21.4. The molecule has 1 saturated heterocycles. The van der Waals surface area contributed by atoms with E-state index in [0.717, 1.165) is 62.3 Å². The summed E-state index contributed by atoms with van der Waals surface area (Å²) >= 11 is 0. The summed E-state index contributed by atoms with van der Waals surface area (Å²) in [6.07, 6.45) is 0. The number of nitrogens with one attached hydrogen (secondary N) is 1. The molecule has 0 aromatic heterocycles. The number of carbonyl (C=O) groups excluding carboxylic acids is 1. The number of benzene rings is 1. The number of aliphatic imine (C=N–C) groups is 1. The van der Waals surface area contributed by atoms with Crippen molar-refractivity contribution < 1.29 is 14.3 Å². The van der Waals surface area contributed by atoms with Crippen molar-refractivity contribution in [1.82, 2.24) is 15.1 Å². The maximum Gasteiger partial charge on any atom is 0.224 e. The predicted octanol–water partition coefficient (Wildman–Crippen LogP) is 1.30. The van der Waals surface area contributed by atoms with Crippen LogP contribution < -0.4 is 20.5 Å². The molecule has 8 heteroatoms. The number of ether oxygens (including phenoxy) is 2. The monoisotopic (exact) mass is 405 g/mol. The van der Waals surface area contributed by atoms with Crippen LogP contribution in [0, 0.1) is 5.41 Å². The van der Waals surface area contributed by atoms with Crippen LogP contribution in [0.25, 0.3) is 0 Å². The Labute approximate surface area is 174 Å². The Morgan fingerprint density at radius 3 is 2.45 bits per heavy atom. The number of hydrogen-bond acceptors (Lipinski definition) is 5. The minimum atomic E-state index is -0.661. The van der Waals surface area contributed by atoms with Gasteiger partial charge in [0.05, 0.1) is 26.2 Å². The van der Waals surface area contributed by atoms with Crippen LogP contribution in [-0.2, 0) is 11.3 Å². The molecule has 1 aromatic carbocycles. The van der Waals surface area contributed by atoms with E-state index in [4.69, 9.17) is 15.2 Å². The van der Waals surface area contributed by atoms with Gasteiger partial charge in [-0.25, -0.2) is 0 Å². The number of carbonyl (C=O) groups is 1. The molecule has 0 atom stereocenters. The summed E-state index contributed by atoms with van der Waals surface area (Å²) in [6, 6.07) is 5.89. The predicted molar refractivity (Wildman–Crippen MR) is 115 cm³/mol. The van der Waals surface area contributed by atoms with Crippen LogP contribution in [0.2, 0.25) is 0 Å². The van der Waals surface area contributed by atoms with Crippen LogP contribution in [0.4, 0.5) is 0 Å². The molecule has 0 saturated carbocycles. The molecular weight excluding hydrogens is 370 g/mol. The van der Waals surface area contributed by atoms with Crippen LogP contribution >= 0.6 is 0 Å². The summed E-state index contributed by atoms with van der Waals surface area (Å²) in [4.78, 5) is 20.9. The number of nitrogens with two attached hydrogens (primary N) is 1. The van der Waals surface area contributed by atoms with Crippen molar-refractivity contribution in [3.8, 4) is 11.5 Å².